The van der Waals surface area contributed by atoms with Crippen molar-refractivity contribution in [1.82, 2.24) is 9.88 Å². The summed E-state index contributed by atoms with van der Waals surface area (Å²) in [7, 11) is -1.78. The van der Waals surface area contributed by atoms with E-state index in [-0.39, 0.29) is 4.90 Å². The van der Waals surface area contributed by atoms with Crippen molar-refractivity contribution in [3.05, 3.63) is 53.3 Å². The molecule has 1 aromatic heterocycles. The zero-order valence-electron chi connectivity index (χ0n) is 16.0. The van der Waals surface area contributed by atoms with Gasteiger partial charge in [0.2, 0.25) is 0 Å². The van der Waals surface area contributed by atoms with Crippen molar-refractivity contribution in [2.75, 3.05) is 7.05 Å². The molecule has 2 bridgehead atoms. The molecule has 28 heavy (non-hydrogen) atoms. The fourth-order valence-corrected chi connectivity index (χ4v) is 4.38. The van der Waals surface area contributed by atoms with Crippen LogP contribution in [0.2, 0.25) is 5.15 Å². The molecule has 0 amide bonds. The second-order valence-electron chi connectivity index (χ2n) is 7.37. The minimum absolute atomic E-state index is 0.0666. The second kappa shape index (κ2) is 8.78. The molecule has 0 saturated carbocycles. The molecule has 4 rings (SSSR count). The summed E-state index contributed by atoms with van der Waals surface area (Å²) in [5.41, 5.74) is 0.956. The van der Waals surface area contributed by atoms with Crippen LogP contribution in [0.4, 0.5) is 0 Å². The predicted molar refractivity (Wildman–Crippen MR) is 108 cm³/mol. The number of aryl methyl sites for hydroxylation is 1. The van der Waals surface area contributed by atoms with E-state index < -0.39 is 10.1 Å². The Morgan fingerprint density at radius 2 is 1.71 bits per heavy atom. The lowest BCUT2D eigenvalue weighted by atomic mass is 10.0. The average Bonchev–Trinajstić information content (AvgIpc) is 2.85. The normalized spacial score (nSPS) is 24.4. The minimum Gasteiger partial charge on any atom is -0.489 e. The van der Waals surface area contributed by atoms with Crippen LogP contribution in [0.1, 0.15) is 31.2 Å². The van der Waals surface area contributed by atoms with Crippen LogP contribution < -0.4 is 4.74 Å². The van der Waals surface area contributed by atoms with Gasteiger partial charge in [-0.15, -0.1) is 0 Å². The number of aromatic nitrogens is 1. The summed E-state index contributed by atoms with van der Waals surface area (Å²) in [6, 6.07) is 11.1. The predicted octanol–water partition coefficient (Wildman–Crippen LogP) is 3.98. The first-order valence-electron chi connectivity index (χ1n) is 9.26. The van der Waals surface area contributed by atoms with Crippen LogP contribution in [0, 0.1) is 6.92 Å². The highest BCUT2D eigenvalue weighted by molar-refractivity contribution is 7.85. The topological polar surface area (TPSA) is 79.7 Å². The van der Waals surface area contributed by atoms with Crippen LogP contribution >= 0.6 is 11.6 Å². The molecule has 2 unspecified atom stereocenters. The number of halogens is 1. The van der Waals surface area contributed by atoms with Crippen molar-refractivity contribution in [2.45, 2.75) is 55.7 Å². The average molecular weight is 425 g/mol. The Bertz CT molecular complexity index is 873. The van der Waals surface area contributed by atoms with Crippen LogP contribution in [-0.2, 0) is 10.1 Å². The maximum Gasteiger partial charge on any atom is 0.294 e. The maximum absolute atomic E-state index is 10.5. The van der Waals surface area contributed by atoms with Gasteiger partial charge in [-0.25, -0.2) is 4.98 Å². The molecule has 3 heterocycles. The molecule has 0 aliphatic carbocycles. The Morgan fingerprint density at radius 1 is 1.11 bits per heavy atom. The number of nitrogens with zero attached hydrogens (tertiary/aromatic N) is 2. The van der Waals surface area contributed by atoms with Gasteiger partial charge in [0.15, 0.2) is 0 Å². The summed E-state index contributed by atoms with van der Waals surface area (Å²) in [5, 5.41) is 0.515. The van der Waals surface area contributed by atoms with Crippen molar-refractivity contribution < 1.29 is 17.7 Å². The summed E-state index contributed by atoms with van der Waals surface area (Å²) in [5.74, 6) is 0.836. The molecular formula is C20H25ClN2O4S. The Labute approximate surface area is 171 Å². The van der Waals surface area contributed by atoms with Gasteiger partial charge in [-0.3, -0.25) is 4.55 Å². The van der Waals surface area contributed by atoms with E-state index >= 15 is 0 Å². The quantitative estimate of drug-likeness (QED) is 0.593. The zero-order valence-corrected chi connectivity index (χ0v) is 17.5. The van der Waals surface area contributed by atoms with Gasteiger partial charge in [0.1, 0.15) is 17.0 Å². The van der Waals surface area contributed by atoms with E-state index in [9.17, 15) is 8.42 Å². The molecule has 8 heteroatoms. The van der Waals surface area contributed by atoms with Gasteiger partial charge in [0.25, 0.3) is 10.1 Å². The van der Waals surface area contributed by atoms with E-state index in [1.165, 1.54) is 25.0 Å². The molecule has 1 aromatic carbocycles. The summed E-state index contributed by atoms with van der Waals surface area (Å²) in [6.45, 7) is 1.84. The van der Waals surface area contributed by atoms with Crippen molar-refractivity contribution >= 4 is 21.7 Å². The lowest BCUT2D eigenvalue weighted by Crippen LogP contribution is -2.43. The third-order valence-corrected chi connectivity index (χ3v) is 6.47. The molecule has 2 atom stereocenters. The highest BCUT2D eigenvalue weighted by Crippen LogP contribution is 2.35. The number of pyridine rings is 1. The van der Waals surface area contributed by atoms with Crippen LogP contribution in [0.25, 0.3) is 0 Å². The molecule has 2 aliphatic rings. The van der Waals surface area contributed by atoms with Crippen molar-refractivity contribution in [3.8, 4) is 5.75 Å². The highest BCUT2D eigenvalue weighted by Gasteiger charge is 2.39. The van der Waals surface area contributed by atoms with E-state index in [0.717, 1.165) is 24.2 Å². The highest BCUT2D eigenvalue weighted by atomic mass is 35.5. The number of fused-ring (bicyclic) bond motifs is 2. The Kier molecular flexibility index (Phi) is 6.60. The zero-order chi connectivity index (χ0) is 20.3. The van der Waals surface area contributed by atoms with Crippen LogP contribution in [-0.4, -0.2) is 48.1 Å². The van der Waals surface area contributed by atoms with Crippen molar-refractivity contribution in [2.24, 2.45) is 0 Å². The Morgan fingerprint density at radius 3 is 2.21 bits per heavy atom. The maximum atomic E-state index is 10.5. The molecule has 0 radical (unpaired) electrons. The number of hydrogen-bond donors (Lipinski definition) is 1. The van der Waals surface area contributed by atoms with Crippen molar-refractivity contribution in [1.29, 1.82) is 0 Å². The largest absolute Gasteiger partial charge is 0.489 e. The number of ether oxygens (including phenoxy) is 1. The second-order valence-corrected chi connectivity index (χ2v) is 9.18. The summed E-state index contributed by atoms with van der Waals surface area (Å²) >= 11 is 5.76. The first kappa shape index (κ1) is 21.0. The molecule has 2 aromatic rings. The minimum atomic E-state index is -4.02. The van der Waals surface area contributed by atoms with E-state index in [1.807, 2.05) is 13.0 Å². The van der Waals surface area contributed by atoms with Gasteiger partial charge in [-0.05, 0) is 63.9 Å². The number of piperidine rings is 1. The standard InChI is InChI=1S/C13H17ClN2O.C7H8O3S/c1-16-9-2-3-10(16)7-12(6-9)17-11-4-5-13(14)15-8-11;1-6-2-4-7(5-3-6)11(8,9)10/h4-5,8-10,12H,2-3,6-7H2,1H3;2-5H,1H3,(H,8,9,10). The molecule has 0 spiro atoms. The first-order chi connectivity index (χ1) is 13.2. The third kappa shape index (κ3) is 5.44. The summed E-state index contributed by atoms with van der Waals surface area (Å²) < 4.78 is 35.5. The fourth-order valence-electron chi connectivity index (χ4n) is 3.79. The van der Waals surface area contributed by atoms with Crippen LogP contribution in [0.5, 0.6) is 5.75 Å². The molecule has 152 valence electrons. The summed E-state index contributed by atoms with van der Waals surface area (Å²) in [4.78, 5) is 6.49. The van der Waals surface area contributed by atoms with Gasteiger partial charge in [0, 0.05) is 12.1 Å². The SMILES string of the molecule is CN1C2CCC1CC(Oc1ccc(Cl)nc1)C2.Cc1ccc(S(=O)(=O)O)cc1. The van der Waals surface area contributed by atoms with E-state index in [0.29, 0.717) is 23.3 Å². The molecule has 2 fully saturated rings. The number of rotatable bonds is 3. The smallest absolute Gasteiger partial charge is 0.294 e. The fraction of sp³-hybridized carbons (Fsp3) is 0.450. The lowest BCUT2D eigenvalue weighted by Gasteiger charge is -2.36. The van der Waals surface area contributed by atoms with Crippen LogP contribution in [0.3, 0.4) is 0 Å². The molecule has 1 N–H and O–H groups in total. The third-order valence-electron chi connectivity index (χ3n) is 5.38. The molecule has 2 aliphatic heterocycles. The van der Waals surface area contributed by atoms with E-state index in [2.05, 4.69) is 16.9 Å². The van der Waals surface area contributed by atoms with Gasteiger partial charge >= 0.3 is 0 Å². The Hall–Kier alpha value is -1.67. The number of hydrogen-bond acceptors (Lipinski definition) is 5. The van der Waals surface area contributed by atoms with E-state index in [4.69, 9.17) is 20.9 Å². The van der Waals surface area contributed by atoms with Crippen LogP contribution in [0.15, 0.2) is 47.5 Å². The monoisotopic (exact) mass is 424 g/mol. The summed E-state index contributed by atoms with van der Waals surface area (Å²) in [6.07, 6.45) is 6.96. The molecule has 2 saturated heterocycles. The van der Waals surface area contributed by atoms with E-state index in [1.54, 1.807) is 24.4 Å². The van der Waals surface area contributed by atoms with Gasteiger partial charge in [-0.2, -0.15) is 8.42 Å². The number of benzene rings is 1. The Balaban J connectivity index is 0.000000178. The first-order valence-corrected chi connectivity index (χ1v) is 11.1. The van der Waals surface area contributed by atoms with Gasteiger partial charge in [0.05, 0.1) is 11.1 Å². The lowest BCUT2D eigenvalue weighted by molar-refractivity contribution is 0.0659. The molecular weight excluding hydrogens is 400 g/mol. The van der Waals surface area contributed by atoms with Gasteiger partial charge in [-0.1, -0.05) is 29.3 Å². The van der Waals surface area contributed by atoms with Crippen molar-refractivity contribution in [3.63, 3.8) is 0 Å². The molecule has 6 nitrogen and oxygen atoms in total. The van der Waals surface area contributed by atoms with Gasteiger partial charge < -0.3 is 9.64 Å².